The summed E-state index contributed by atoms with van der Waals surface area (Å²) in [5.74, 6) is -0.857. The largest absolute Gasteiger partial charge is 0.497 e. The second-order valence-electron chi connectivity index (χ2n) is 9.81. The third kappa shape index (κ3) is 4.76. The number of fused-ring (bicyclic) bond motifs is 1. The SMILES string of the molecule is COC(=O)c1ccccc1NC(=O)[C@H]1c2ccccc2C(=O)N(C2CCCCC2)[C@H]1c1ccc(OC)cc1. The first-order chi connectivity index (χ1) is 18.5. The number of ether oxygens (including phenoxy) is 2. The third-order valence-electron chi connectivity index (χ3n) is 7.67. The van der Waals surface area contributed by atoms with Crippen LogP contribution in [0, 0.1) is 0 Å². The lowest BCUT2D eigenvalue weighted by atomic mass is 9.77. The molecule has 1 aliphatic carbocycles. The summed E-state index contributed by atoms with van der Waals surface area (Å²) in [5, 5.41) is 2.99. The molecular weight excluding hydrogens is 480 g/mol. The Kier molecular flexibility index (Phi) is 7.45. The van der Waals surface area contributed by atoms with Gasteiger partial charge in [-0.25, -0.2) is 4.79 Å². The molecule has 0 spiro atoms. The number of nitrogens with zero attached hydrogens (tertiary/aromatic N) is 1. The van der Waals surface area contributed by atoms with Crippen LogP contribution in [-0.2, 0) is 9.53 Å². The first-order valence-electron chi connectivity index (χ1n) is 13.1. The van der Waals surface area contributed by atoms with Crippen molar-refractivity contribution in [1.29, 1.82) is 0 Å². The molecule has 1 aliphatic heterocycles. The molecule has 1 heterocycles. The monoisotopic (exact) mass is 512 g/mol. The van der Waals surface area contributed by atoms with Crippen LogP contribution in [-0.4, -0.2) is 42.9 Å². The Bertz CT molecular complexity index is 1330. The summed E-state index contributed by atoms with van der Waals surface area (Å²) < 4.78 is 10.3. The van der Waals surface area contributed by atoms with Gasteiger partial charge in [0.1, 0.15) is 5.75 Å². The average Bonchev–Trinajstić information content (AvgIpc) is 2.97. The lowest BCUT2D eigenvalue weighted by Crippen LogP contribution is -2.51. The summed E-state index contributed by atoms with van der Waals surface area (Å²) in [5.41, 5.74) is 2.73. The third-order valence-corrected chi connectivity index (χ3v) is 7.67. The molecule has 0 aromatic heterocycles. The van der Waals surface area contributed by atoms with E-state index in [2.05, 4.69) is 5.32 Å². The molecule has 2 amide bonds. The van der Waals surface area contributed by atoms with Gasteiger partial charge in [0.25, 0.3) is 5.91 Å². The van der Waals surface area contributed by atoms with E-state index in [9.17, 15) is 14.4 Å². The zero-order chi connectivity index (χ0) is 26.6. The minimum atomic E-state index is -0.690. The van der Waals surface area contributed by atoms with Gasteiger partial charge in [-0.2, -0.15) is 0 Å². The van der Waals surface area contributed by atoms with E-state index in [1.54, 1.807) is 37.4 Å². The maximum atomic E-state index is 14.2. The molecule has 7 nitrogen and oxygen atoms in total. The van der Waals surface area contributed by atoms with E-state index >= 15 is 0 Å². The Morgan fingerprint density at radius 2 is 1.55 bits per heavy atom. The fourth-order valence-electron chi connectivity index (χ4n) is 5.84. The molecule has 196 valence electrons. The highest BCUT2D eigenvalue weighted by molar-refractivity contribution is 6.07. The zero-order valence-electron chi connectivity index (χ0n) is 21.7. The second-order valence-corrected chi connectivity index (χ2v) is 9.81. The molecule has 7 heteroatoms. The molecule has 0 bridgehead atoms. The number of esters is 1. The quantitative estimate of drug-likeness (QED) is 0.426. The van der Waals surface area contributed by atoms with Crippen molar-refractivity contribution >= 4 is 23.5 Å². The van der Waals surface area contributed by atoms with Gasteiger partial charge in [0.15, 0.2) is 0 Å². The number of carbonyl (C=O) groups is 3. The number of anilines is 1. The smallest absolute Gasteiger partial charge is 0.339 e. The summed E-state index contributed by atoms with van der Waals surface area (Å²) in [6.07, 6.45) is 5.06. The van der Waals surface area contributed by atoms with Crippen LogP contribution in [0.2, 0.25) is 0 Å². The minimum Gasteiger partial charge on any atom is -0.497 e. The Morgan fingerprint density at radius 1 is 0.868 bits per heavy atom. The van der Waals surface area contributed by atoms with Crippen molar-refractivity contribution in [3.05, 3.63) is 95.1 Å². The van der Waals surface area contributed by atoms with Gasteiger partial charge < -0.3 is 19.7 Å². The van der Waals surface area contributed by atoms with Gasteiger partial charge in [-0.05, 0) is 54.3 Å². The molecule has 1 N–H and O–H groups in total. The standard InChI is InChI=1S/C31H32N2O5/c1-37-22-18-16-20(17-19-22)28-27(29(34)32-26-15-9-8-14-25(26)31(36)38-2)23-12-6-7-13-24(23)30(35)33(28)21-10-4-3-5-11-21/h6-9,12-19,21,27-28H,3-5,10-11H2,1-2H3,(H,32,34)/t27-,28-/m0/s1. The summed E-state index contributed by atoms with van der Waals surface area (Å²) >= 11 is 0. The molecule has 38 heavy (non-hydrogen) atoms. The Hall–Kier alpha value is -4.13. The molecule has 1 saturated carbocycles. The van der Waals surface area contributed by atoms with Crippen LogP contribution < -0.4 is 10.1 Å². The molecule has 5 rings (SSSR count). The lowest BCUT2D eigenvalue weighted by Gasteiger charge is -2.46. The highest BCUT2D eigenvalue weighted by Gasteiger charge is 2.46. The maximum absolute atomic E-state index is 14.2. The van der Waals surface area contributed by atoms with Gasteiger partial charge in [-0.3, -0.25) is 9.59 Å². The van der Waals surface area contributed by atoms with E-state index in [1.807, 2.05) is 47.4 Å². The maximum Gasteiger partial charge on any atom is 0.339 e. The topological polar surface area (TPSA) is 84.9 Å². The van der Waals surface area contributed by atoms with Crippen LogP contribution in [0.3, 0.4) is 0 Å². The number of carbonyl (C=O) groups excluding carboxylic acids is 3. The van der Waals surface area contributed by atoms with Crippen LogP contribution >= 0.6 is 0 Å². The predicted molar refractivity (Wildman–Crippen MR) is 144 cm³/mol. The van der Waals surface area contributed by atoms with Crippen molar-refractivity contribution in [3.8, 4) is 5.75 Å². The predicted octanol–water partition coefficient (Wildman–Crippen LogP) is 5.73. The molecule has 1 fully saturated rings. The van der Waals surface area contributed by atoms with E-state index < -0.39 is 17.9 Å². The number of amides is 2. The van der Waals surface area contributed by atoms with Gasteiger partial charge in [0.2, 0.25) is 5.91 Å². The summed E-state index contributed by atoms with van der Waals surface area (Å²) in [6, 6.07) is 21.3. The summed E-state index contributed by atoms with van der Waals surface area (Å²) in [4.78, 5) is 42.6. The van der Waals surface area contributed by atoms with Crippen LogP contribution in [0.15, 0.2) is 72.8 Å². The van der Waals surface area contributed by atoms with Crippen LogP contribution in [0.5, 0.6) is 5.75 Å². The molecule has 2 atom stereocenters. The highest BCUT2D eigenvalue weighted by atomic mass is 16.5. The number of hydrogen-bond donors (Lipinski definition) is 1. The fourth-order valence-corrected chi connectivity index (χ4v) is 5.84. The highest BCUT2D eigenvalue weighted by Crippen LogP contribution is 2.46. The molecule has 3 aromatic rings. The molecule has 0 radical (unpaired) electrons. The van der Waals surface area contributed by atoms with Gasteiger partial charge in [0.05, 0.1) is 37.4 Å². The van der Waals surface area contributed by atoms with E-state index in [-0.39, 0.29) is 23.4 Å². The molecule has 3 aromatic carbocycles. The van der Waals surface area contributed by atoms with E-state index in [4.69, 9.17) is 9.47 Å². The number of methoxy groups -OCH3 is 2. The molecule has 0 saturated heterocycles. The van der Waals surface area contributed by atoms with Crippen molar-refractivity contribution in [2.45, 2.75) is 50.1 Å². The Labute approximate surface area is 222 Å². The van der Waals surface area contributed by atoms with Crippen molar-refractivity contribution < 1.29 is 23.9 Å². The van der Waals surface area contributed by atoms with Gasteiger partial charge in [-0.1, -0.05) is 61.7 Å². The van der Waals surface area contributed by atoms with Crippen molar-refractivity contribution in [1.82, 2.24) is 4.90 Å². The Morgan fingerprint density at radius 3 is 2.26 bits per heavy atom. The number of rotatable bonds is 6. The minimum absolute atomic E-state index is 0.0364. The second kappa shape index (κ2) is 11.1. The summed E-state index contributed by atoms with van der Waals surface area (Å²) in [7, 11) is 2.92. The first-order valence-corrected chi connectivity index (χ1v) is 13.1. The first kappa shape index (κ1) is 25.5. The van der Waals surface area contributed by atoms with Crippen LogP contribution in [0.25, 0.3) is 0 Å². The van der Waals surface area contributed by atoms with Gasteiger partial charge in [-0.15, -0.1) is 0 Å². The number of benzene rings is 3. The molecular formula is C31H32N2O5. The van der Waals surface area contributed by atoms with Crippen LogP contribution in [0.1, 0.15) is 75.9 Å². The van der Waals surface area contributed by atoms with E-state index in [0.717, 1.165) is 37.7 Å². The normalized spacial score (nSPS) is 19.4. The van der Waals surface area contributed by atoms with Gasteiger partial charge >= 0.3 is 5.97 Å². The van der Waals surface area contributed by atoms with Crippen LogP contribution in [0.4, 0.5) is 5.69 Å². The fraction of sp³-hybridized carbons (Fsp3) is 0.323. The van der Waals surface area contributed by atoms with E-state index in [0.29, 0.717) is 22.6 Å². The zero-order valence-corrected chi connectivity index (χ0v) is 21.7. The van der Waals surface area contributed by atoms with E-state index in [1.165, 1.54) is 7.11 Å². The van der Waals surface area contributed by atoms with Gasteiger partial charge in [0, 0.05) is 11.6 Å². The average molecular weight is 513 g/mol. The summed E-state index contributed by atoms with van der Waals surface area (Å²) in [6.45, 7) is 0. The Balaban J connectivity index is 1.64. The lowest BCUT2D eigenvalue weighted by molar-refractivity contribution is -0.119. The number of nitrogens with one attached hydrogen (secondary N) is 1. The molecule has 2 aliphatic rings. The number of hydrogen-bond acceptors (Lipinski definition) is 5. The number of para-hydroxylation sites is 1. The van der Waals surface area contributed by atoms with Crippen molar-refractivity contribution in [2.24, 2.45) is 0 Å². The van der Waals surface area contributed by atoms with Crippen molar-refractivity contribution in [2.75, 3.05) is 19.5 Å². The molecule has 0 unspecified atom stereocenters. The van der Waals surface area contributed by atoms with Crippen molar-refractivity contribution in [3.63, 3.8) is 0 Å².